The first-order valence-electron chi connectivity index (χ1n) is 7.34. The zero-order valence-electron chi connectivity index (χ0n) is 13.1. The van der Waals surface area contributed by atoms with Crippen molar-refractivity contribution in [2.45, 2.75) is 39.9 Å². The maximum atomic E-state index is 5.97. The van der Waals surface area contributed by atoms with Gasteiger partial charge in [-0.05, 0) is 45.1 Å². The van der Waals surface area contributed by atoms with Crippen LogP contribution in [0.2, 0.25) is 0 Å². The summed E-state index contributed by atoms with van der Waals surface area (Å²) in [6.45, 7) is 8.19. The highest BCUT2D eigenvalue weighted by Gasteiger charge is 2.14. The van der Waals surface area contributed by atoms with Crippen LogP contribution in [-0.4, -0.2) is 12.2 Å². The SMILES string of the molecule is CC(C)Oc1cccc(OC(C)C)c1Pc1ccccc1. The molecule has 3 heteroatoms. The van der Waals surface area contributed by atoms with Gasteiger partial charge >= 0.3 is 0 Å². The fraction of sp³-hybridized carbons (Fsp3) is 0.333. The molecule has 0 aliphatic carbocycles. The average molecular weight is 302 g/mol. The highest BCUT2D eigenvalue weighted by atomic mass is 31.1. The zero-order valence-corrected chi connectivity index (χ0v) is 14.1. The molecule has 112 valence electrons. The van der Waals surface area contributed by atoms with Crippen LogP contribution in [0.5, 0.6) is 11.5 Å². The predicted molar refractivity (Wildman–Crippen MR) is 92.0 cm³/mol. The van der Waals surface area contributed by atoms with Gasteiger partial charge in [-0.1, -0.05) is 45.0 Å². The lowest BCUT2D eigenvalue weighted by molar-refractivity contribution is 0.233. The first-order chi connectivity index (χ1) is 10.1. The Labute approximate surface area is 129 Å². The molecule has 0 N–H and O–H groups in total. The molecule has 0 radical (unpaired) electrons. The molecular formula is C18H23O2P. The van der Waals surface area contributed by atoms with Crippen LogP contribution in [0.1, 0.15) is 27.7 Å². The minimum Gasteiger partial charge on any atom is -0.490 e. The van der Waals surface area contributed by atoms with Gasteiger partial charge in [-0.2, -0.15) is 0 Å². The van der Waals surface area contributed by atoms with Crippen molar-refractivity contribution < 1.29 is 9.47 Å². The molecule has 1 unspecified atom stereocenters. The Bertz CT molecular complexity index is 536. The van der Waals surface area contributed by atoms with Crippen molar-refractivity contribution in [2.75, 3.05) is 0 Å². The van der Waals surface area contributed by atoms with Crippen LogP contribution < -0.4 is 20.1 Å². The minimum absolute atomic E-state index is 0.152. The van der Waals surface area contributed by atoms with Gasteiger partial charge in [-0.25, -0.2) is 0 Å². The molecule has 2 aromatic rings. The zero-order chi connectivity index (χ0) is 15.2. The summed E-state index contributed by atoms with van der Waals surface area (Å²) >= 11 is 0. The van der Waals surface area contributed by atoms with E-state index < -0.39 is 0 Å². The van der Waals surface area contributed by atoms with Crippen molar-refractivity contribution in [1.82, 2.24) is 0 Å². The molecule has 0 amide bonds. The fourth-order valence-corrected chi connectivity index (χ4v) is 3.18. The van der Waals surface area contributed by atoms with Crippen LogP contribution in [0.3, 0.4) is 0 Å². The van der Waals surface area contributed by atoms with Crippen molar-refractivity contribution in [3.8, 4) is 11.5 Å². The first kappa shape index (κ1) is 15.9. The maximum absolute atomic E-state index is 5.97. The minimum atomic E-state index is 0.152. The molecule has 0 saturated heterocycles. The molecule has 0 heterocycles. The summed E-state index contributed by atoms with van der Waals surface area (Å²) in [5, 5.41) is 2.43. The monoisotopic (exact) mass is 302 g/mol. The first-order valence-corrected chi connectivity index (χ1v) is 8.34. The summed E-state index contributed by atoms with van der Waals surface area (Å²) in [7, 11) is 0.523. The predicted octanol–water partition coefficient (Wildman–Crippen LogP) is 3.89. The van der Waals surface area contributed by atoms with Gasteiger partial charge in [-0.3, -0.25) is 0 Å². The smallest absolute Gasteiger partial charge is 0.131 e. The van der Waals surface area contributed by atoms with E-state index in [1.807, 2.05) is 52.0 Å². The van der Waals surface area contributed by atoms with Crippen LogP contribution in [0, 0.1) is 0 Å². The Morgan fingerprint density at radius 2 is 1.24 bits per heavy atom. The van der Waals surface area contributed by atoms with Crippen LogP contribution in [0.15, 0.2) is 48.5 Å². The lowest BCUT2D eigenvalue weighted by Gasteiger charge is -2.19. The van der Waals surface area contributed by atoms with Gasteiger partial charge in [0.05, 0.1) is 17.5 Å². The molecule has 2 rings (SSSR count). The average Bonchev–Trinajstić information content (AvgIpc) is 2.42. The summed E-state index contributed by atoms with van der Waals surface area (Å²) in [4.78, 5) is 0. The summed E-state index contributed by atoms with van der Waals surface area (Å²) in [6.07, 6.45) is 0.303. The van der Waals surface area contributed by atoms with Crippen molar-refractivity contribution in [2.24, 2.45) is 0 Å². The Kier molecular flexibility index (Phi) is 5.64. The van der Waals surface area contributed by atoms with E-state index in [1.165, 1.54) is 5.30 Å². The summed E-state index contributed by atoms with van der Waals surface area (Å²) in [6, 6.07) is 16.5. The second-order valence-electron chi connectivity index (χ2n) is 5.45. The van der Waals surface area contributed by atoms with Gasteiger partial charge in [0.1, 0.15) is 11.5 Å². The molecule has 0 aliphatic rings. The molecule has 0 fully saturated rings. The Morgan fingerprint density at radius 1 is 0.714 bits per heavy atom. The Morgan fingerprint density at radius 3 is 1.71 bits per heavy atom. The normalized spacial score (nSPS) is 11.5. The fourth-order valence-electron chi connectivity index (χ4n) is 2.00. The summed E-state index contributed by atoms with van der Waals surface area (Å²) in [5.41, 5.74) is 0. The Balaban J connectivity index is 2.37. The van der Waals surface area contributed by atoms with Crippen molar-refractivity contribution in [3.63, 3.8) is 0 Å². The van der Waals surface area contributed by atoms with E-state index in [-0.39, 0.29) is 12.2 Å². The van der Waals surface area contributed by atoms with E-state index in [1.54, 1.807) is 0 Å². The largest absolute Gasteiger partial charge is 0.490 e. The van der Waals surface area contributed by atoms with Gasteiger partial charge < -0.3 is 9.47 Å². The molecule has 2 aromatic carbocycles. The maximum Gasteiger partial charge on any atom is 0.131 e. The van der Waals surface area contributed by atoms with Gasteiger partial charge in [0.25, 0.3) is 0 Å². The number of hydrogen-bond acceptors (Lipinski definition) is 2. The quantitative estimate of drug-likeness (QED) is 0.754. The number of hydrogen-bond donors (Lipinski definition) is 0. The number of ether oxygens (including phenoxy) is 2. The Hall–Kier alpha value is -1.53. The van der Waals surface area contributed by atoms with E-state index in [0.717, 1.165) is 16.8 Å². The standard InChI is InChI=1S/C18H23O2P/c1-13(2)19-16-11-8-12-17(20-14(3)4)18(16)21-15-9-6-5-7-10-15/h5-14,21H,1-4H3. The van der Waals surface area contributed by atoms with E-state index in [2.05, 4.69) is 24.3 Å². The number of benzene rings is 2. The summed E-state index contributed by atoms with van der Waals surface area (Å²) in [5.74, 6) is 1.84. The van der Waals surface area contributed by atoms with Crippen LogP contribution in [-0.2, 0) is 0 Å². The van der Waals surface area contributed by atoms with Crippen LogP contribution in [0.4, 0.5) is 0 Å². The second kappa shape index (κ2) is 7.47. The molecule has 0 spiro atoms. The number of rotatable bonds is 6. The third kappa shape index (κ3) is 4.75. The van der Waals surface area contributed by atoms with E-state index >= 15 is 0 Å². The molecule has 0 bridgehead atoms. The van der Waals surface area contributed by atoms with Gasteiger partial charge in [0.2, 0.25) is 0 Å². The van der Waals surface area contributed by atoms with Gasteiger partial charge in [0, 0.05) is 0 Å². The lowest BCUT2D eigenvalue weighted by Crippen LogP contribution is -2.18. The lowest BCUT2D eigenvalue weighted by atomic mass is 10.3. The highest BCUT2D eigenvalue weighted by molar-refractivity contribution is 7.56. The summed E-state index contributed by atoms with van der Waals surface area (Å²) < 4.78 is 11.9. The van der Waals surface area contributed by atoms with E-state index in [0.29, 0.717) is 8.58 Å². The van der Waals surface area contributed by atoms with E-state index in [4.69, 9.17) is 9.47 Å². The van der Waals surface area contributed by atoms with Crippen molar-refractivity contribution in [3.05, 3.63) is 48.5 Å². The van der Waals surface area contributed by atoms with Gasteiger partial charge in [-0.15, -0.1) is 0 Å². The molecular weight excluding hydrogens is 279 g/mol. The topological polar surface area (TPSA) is 18.5 Å². The molecule has 0 aliphatic heterocycles. The van der Waals surface area contributed by atoms with E-state index in [9.17, 15) is 0 Å². The molecule has 0 saturated carbocycles. The van der Waals surface area contributed by atoms with Gasteiger partial charge in [0.15, 0.2) is 0 Å². The second-order valence-corrected chi connectivity index (χ2v) is 6.78. The van der Waals surface area contributed by atoms with Crippen LogP contribution >= 0.6 is 8.58 Å². The van der Waals surface area contributed by atoms with Crippen LogP contribution in [0.25, 0.3) is 0 Å². The third-order valence-corrected chi connectivity index (χ3v) is 4.12. The molecule has 1 atom stereocenters. The third-order valence-electron chi connectivity index (χ3n) is 2.76. The molecule has 2 nitrogen and oxygen atoms in total. The van der Waals surface area contributed by atoms with Crippen molar-refractivity contribution in [1.29, 1.82) is 0 Å². The molecule has 21 heavy (non-hydrogen) atoms. The highest BCUT2D eigenvalue weighted by Crippen LogP contribution is 2.28. The molecule has 0 aromatic heterocycles. The van der Waals surface area contributed by atoms with Crippen molar-refractivity contribution >= 4 is 19.2 Å².